The number of benzene rings is 1. The summed E-state index contributed by atoms with van der Waals surface area (Å²) in [7, 11) is 0. The van der Waals surface area contributed by atoms with Gasteiger partial charge in [-0.3, -0.25) is 9.59 Å². The maximum Gasteiger partial charge on any atom is 0.246 e. The molecule has 1 aliphatic rings. The number of halogens is 1. The van der Waals surface area contributed by atoms with Gasteiger partial charge in [-0.1, -0.05) is 32.0 Å². The second-order valence-corrected chi connectivity index (χ2v) is 7.39. The largest absolute Gasteiger partial charge is 0.331 e. The van der Waals surface area contributed by atoms with E-state index in [9.17, 15) is 9.59 Å². The first-order chi connectivity index (χ1) is 12.5. The van der Waals surface area contributed by atoms with Crippen LogP contribution in [0.25, 0.3) is 0 Å². The quantitative estimate of drug-likeness (QED) is 0.705. The van der Waals surface area contributed by atoms with Gasteiger partial charge in [-0.15, -0.1) is 12.4 Å². The highest BCUT2D eigenvalue weighted by Gasteiger charge is 2.28. The molecule has 2 unspecified atom stereocenters. The van der Waals surface area contributed by atoms with Crippen LogP contribution >= 0.6 is 12.4 Å². The Morgan fingerprint density at radius 1 is 1.19 bits per heavy atom. The second-order valence-electron chi connectivity index (χ2n) is 7.39. The molecule has 0 saturated carbocycles. The molecular formula is C21H34ClN3O2. The van der Waals surface area contributed by atoms with E-state index in [-0.39, 0.29) is 24.2 Å². The Bertz CT molecular complexity index is 576. The molecule has 6 heteroatoms. The summed E-state index contributed by atoms with van der Waals surface area (Å²) in [4.78, 5) is 27.3. The van der Waals surface area contributed by atoms with E-state index in [0.717, 1.165) is 38.0 Å². The molecule has 1 aliphatic heterocycles. The Balaban J connectivity index is 0.00000364. The van der Waals surface area contributed by atoms with Crippen molar-refractivity contribution in [3.05, 3.63) is 30.3 Å². The Labute approximate surface area is 169 Å². The van der Waals surface area contributed by atoms with Crippen molar-refractivity contribution in [2.24, 2.45) is 11.8 Å². The molecule has 0 radical (unpaired) electrons. The molecule has 1 aromatic carbocycles. The first-order valence-electron chi connectivity index (χ1n) is 9.89. The molecule has 1 heterocycles. The summed E-state index contributed by atoms with van der Waals surface area (Å²) in [6.07, 6.45) is 3.63. The van der Waals surface area contributed by atoms with Gasteiger partial charge in [0.25, 0.3) is 0 Å². The summed E-state index contributed by atoms with van der Waals surface area (Å²) in [5.41, 5.74) is 0.760. The summed E-state index contributed by atoms with van der Waals surface area (Å²) in [5, 5.41) is 6.29. The van der Waals surface area contributed by atoms with E-state index < -0.39 is 6.04 Å². The van der Waals surface area contributed by atoms with Crippen LogP contribution in [0.15, 0.2) is 30.3 Å². The predicted molar refractivity (Wildman–Crippen MR) is 113 cm³/mol. The van der Waals surface area contributed by atoms with Crippen LogP contribution in [0.3, 0.4) is 0 Å². The second kappa shape index (κ2) is 12.0. The van der Waals surface area contributed by atoms with Crippen LogP contribution in [0.2, 0.25) is 0 Å². The van der Waals surface area contributed by atoms with Gasteiger partial charge in [0.2, 0.25) is 11.8 Å². The molecule has 0 spiro atoms. The maximum absolute atomic E-state index is 12.9. The summed E-state index contributed by atoms with van der Waals surface area (Å²) < 4.78 is 0. The van der Waals surface area contributed by atoms with Crippen LogP contribution < -0.4 is 10.6 Å². The third-order valence-corrected chi connectivity index (χ3v) is 5.36. The monoisotopic (exact) mass is 395 g/mol. The van der Waals surface area contributed by atoms with Crippen molar-refractivity contribution in [2.75, 3.05) is 25.0 Å². The maximum atomic E-state index is 12.9. The van der Waals surface area contributed by atoms with Crippen molar-refractivity contribution in [1.29, 1.82) is 0 Å². The van der Waals surface area contributed by atoms with Crippen LogP contribution in [-0.4, -0.2) is 42.4 Å². The van der Waals surface area contributed by atoms with Gasteiger partial charge in [0.05, 0.1) is 0 Å². The third kappa shape index (κ3) is 7.15. The lowest BCUT2D eigenvalue weighted by atomic mass is 9.84. The van der Waals surface area contributed by atoms with E-state index in [1.807, 2.05) is 44.2 Å². The van der Waals surface area contributed by atoms with Crippen LogP contribution in [0.4, 0.5) is 5.69 Å². The minimum Gasteiger partial charge on any atom is -0.331 e. The van der Waals surface area contributed by atoms with Crippen LogP contribution in [0.5, 0.6) is 0 Å². The number of amides is 2. The average molecular weight is 396 g/mol. The van der Waals surface area contributed by atoms with Crippen molar-refractivity contribution in [3.63, 3.8) is 0 Å². The fourth-order valence-corrected chi connectivity index (χ4v) is 3.66. The number of nitrogens with one attached hydrogen (secondary N) is 2. The summed E-state index contributed by atoms with van der Waals surface area (Å²) in [6.45, 7) is 8.72. The molecule has 0 aromatic heterocycles. The lowest BCUT2D eigenvalue weighted by molar-refractivity contribution is -0.139. The van der Waals surface area contributed by atoms with Crippen molar-refractivity contribution >= 4 is 29.9 Å². The Hall–Kier alpha value is -1.59. The van der Waals surface area contributed by atoms with E-state index in [0.29, 0.717) is 24.8 Å². The zero-order chi connectivity index (χ0) is 18.9. The number of hydrogen-bond acceptors (Lipinski definition) is 3. The Kier molecular flexibility index (Phi) is 10.4. The van der Waals surface area contributed by atoms with Crippen molar-refractivity contribution in [1.82, 2.24) is 10.2 Å². The number of piperidine rings is 1. The van der Waals surface area contributed by atoms with Gasteiger partial charge < -0.3 is 15.5 Å². The van der Waals surface area contributed by atoms with Gasteiger partial charge in [-0.25, -0.2) is 0 Å². The van der Waals surface area contributed by atoms with E-state index in [4.69, 9.17) is 0 Å². The van der Waals surface area contributed by atoms with Crippen LogP contribution in [0, 0.1) is 11.8 Å². The molecule has 1 aromatic rings. The number of para-hydroxylation sites is 1. The topological polar surface area (TPSA) is 61.4 Å². The number of carbonyl (C=O) groups excluding carboxylic acids is 2. The van der Waals surface area contributed by atoms with E-state index in [1.54, 1.807) is 4.90 Å². The van der Waals surface area contributed by atoms with Gasteiger partial charge in [0.1, 0.15) is 6.04 Å². The normalized spacial score (nSPS) is 16.7. The number of nitrogens with zero attached hydrogens (tertiary/aromatic N) is 1. The first-order valence-corrected chi connectivity index (χ1v) is 9.89. The lowest BCUT2D eigenvalue weighted by Crippen LogP contribution is -2.46. The van der Waals surface area contributed by atoms with Crippen molar-refractivity contribution < 1.29 is 9.59 Å². The van der Waals surface area contributed by atoms with Crippen LogP contribution in [0.1, 0.15) is 46.5 Å². The van der Waals surface area contributed by atoms with Crippen LogP contribution in [-0.2, 0) is 9.59 Å². The van der Waals surface area contributed by atoms with E-state index >= 15 is 0 Å². The average Bonchev–Trinajstić information content (AvgIpc) is 2.66. The molecule has 2 amide bonds. The third-order valence-electron chi connectivity index (χ3n) is 5.36. The lowest BCUT2D eigenvalue weighted by Gasteiger charge is -2.32. The Morgan fingerprint density at radius 3 is 2.41 bits per heavy atom. The SMILES string of the molecule is CCCN(C(=O)CC(C)C1CCNCC1)C(C)C(=O)Nc1ccccc1.Cl. The van der Waals surface area contributed by atoms with Crippen molar-refractivity contribution in [3.8, 4) is 0 Å². The molecule has 2 rings (SSSR count). The standard InChI is InChI=1S/C21H33N3O2.ClH/c1-4-14-24(17(3)21(26)23-19-8-6-5-7-9-19)20(25)15-16(2)18-10-12-22-13-11-18;/h5-9,16-18,22H,4,10-15H2,1-3H3,(H,23,26);1H. The van der Waals surface area contributed by atoms with E-state index in [2.05, 4.69) is 17.6 Å². The molecule has 1 fully saturated rings. The number of hydrogen-bond donors (Lipinski definition) is 2. The molecule has 0 bridgehead atoms. The fraction of sp³-hybridized carbons (Fsp3) is 0.619. The van der Waals surface area contributed by atoms with Gasteiger partial charge in [-0.05, 0) is 63.2 Å². The van der Waals surface area contributed by atoms with Gasteiger partial charge in [0.15, 0.2) is 0 Å². The van der Waals surface area contributed by atoms with Gasteiger partial charge in [0, 0.05) is 18.7 Å². The minimum atomic E-state index is -0.470. The fourth-order valence-electron chi connectivity index (χ4n) is 3.66. The van der Waals surface area contributed by atoms with Gasteiger partial charge >= 0.3 is 0 Å². The highest BCUT2D eigenvalue weighted by atomic mass is 35.5. The first kappa shape index (κ1) is 23.4. The summed E-state index contributed by atoms with van der Waals surface area (Å²) in [5.74, 6) is 0.909. The smallest absolute Gasteiger partial charge is 0.246 e. The zero-order valence-electron chi connectivity index (χ0n) is 16.7. The van der Waals surface area contributed by atoms with E-state index in [1.165, 1.54) is 0 Å². The number of anilines is 1. The summed E-state index contributed by atoms with van der Waals surface area (Å²) >= 11 is 0. The highest BCUT2D eigenvalue weighted by Crippen LogP contribution is 2.25. The molecule has 27 heavy (non-hydrogen) atoms. The zero-order valence-corrected chi connectivity index (χ0v) is 17.6. The Morgan fingerprint density at radius 2 is 1.81 bits per heavy atom. The summed E-state index contributed by atoms with van der Waals surface area (Å²) in [6, 6.07) is 8.92. The highest BCUT2D eigenvalue weighted by molar-refractivity contribution is 5.96. The van der Waals surface area contributed by atoms with Crippen molar-refractivity contribution in [2.45, 2.75) is 52.5 Å². The molecule has 5 nitrogen and oxygen atoms in total. The number of rotatable bonds is 8. The number of carbonyl (C=O) groups is 2. The predicted octanol–water partition coefficient (Wildman–Crippen LogP) is 3.70. The minimum absolute atomic E-state index is 0. The molecule has 1 saturated heterocycles. The molecule has 2 N–H and O–H groups in total. The molecule has 0 aliphatic carbocycles. The van der Waals surface area contributed by atoms with Gasteiger partial charge in [-0.2, -0.15) is 0 Å². The molecule has 152 valence electrons. The molecule has 2 atom stereocenters. The molecular weight excluding hydrogens is 362 g/mol.